The number of nitrogens with one attached hydrogen (secondary N) is 3. The molecule has 3 rings (SSSR count). The molecule has 12 heteroatoms. The van der Waals surface area contributed by atoms with Crippen molar-refractivity contribution in [3.63, 3.8) is 0 Å². The number of pyridine rings is 1. The lowest BCUT2D eigenvalue weighted by Crippen LogP contribution is -2.50. The average molecular weight is 465 g/mol. The number of nitrogens with zero attached hydrogens (tertiary/aromatic N) is 2. The van der Waals surface area contributed by atoms with Crippen LogP contribution >= 0.6 is 0 Å². The molecule has 1 aromatic heterocycles. The fraction of sp³-hybridized carbons (Fsp3) is 0.333. The van der Waals surface area contributed by atoms with E-state index < -0.39 is 18.0 Å². The number of ether oxygens (including phenoxy) is 1. The summed E-state index contributed by atoms with van der Waals surface area (Å²) in [6, 6.07) is 9.38. The molecule has 9 nitrogen and oxygen atoms in total. The Labute approximate surface area is 187 Å². The van der Waals surface area contributed by atoms with Gasteiger partial charge in [-0.25, -0.2) is 4.79 Å². The number of alkyl halides is 3. The highest BCUT2D eigenvalue weighted by molar-refractivity contribution is 5.95. The van der Waals surface area contributed by atoms with Gasteiger partial charge in [-0.2, -0.15) is 13.2 Å². The number of hydrazine groups is 1. The van der Waals surface area contributed by atoms with E-state index in [1.807, 2.05) is 12.1 Å². The second kappa shape index (κ2) is 10.8. The first-order chi connectivity index (χ1) is 15.7. The van der Waals surface area contributed by atoms with Crippen LogP contribution in [0.1, 0.15) is 21.5 Å². The van der Waals surface area contributed by atoms with Crippen LogP contribution in [0.5, 0.6) is 0 Å². The topological polar surface area (TPSA) is 113 Å². The van der Waals surface area contributed by atoms with Gasteiger partial charge in [0.2, 0.25) is 0 Å². The van der Waals surface area contributed by atoms with E-state index in [1.54, 1.807) is 34.9 Å². The lowest BCUT2D eigenvalue weighted by molar-refractivity contribution is -0.174. The van der Waals surface area contributed by atoms with Crippen molar-refractivity contribution in [2.75, 3.05) is 19.7 Å². The number of halogens is 3. The van der Waals surface area contributed by atoms with Gasteiger partial charge in [-0.15, -0.1) is 0 Å². The van der Waals surface area contributed by atoms with Gasteiger partial charge in [0.15, 0.2) is 0 Å². The monoisotopic (exact) mass is 465 g/mol. The first kappa shape index (κ1) is 24.0. The molecule has 1 aromatic carbocycles. The number of hydrogen-bond donors (Lipinski definition) is 3. The predicted octanol–water partition coefficient (Wildman–Crippen LogP) is 1.56. The highest BCUT2D eigenvalue weighted by Gasteiger charge is 2.39. The maximum absolute atomic E-state index is 12.5. The van der Waals surface area contributed by atoms with Gasteiger partial charge in [0.05, 0.1) is 12.7 Å². The summed E-state index contributed by atoms with van der Waals surface area (Å²) in [5.74, 6) is -3.18. The minimum absolute atomic E-state index is 0.0414. The lowest BCUT2D eigenvalue weighted by atomic mass is 10.1. The molecule has 4 amide bonds. The number of benzene rings is 1. The highest BCUT2D eigenvalue weighted by atomic mass is 19.4. The molecule has 2 aromatic rings. The van der Waals surface area contributed by atoms with E-state index in [9.17, 15) is 27.6 Å². The van der Waals surface area contributed by atoms with Gasteiger partial charge in [-0.05, 0) is 35.4 Å². The normalized spacial score (nSPS) is 16.1. The maximum atomic E-state index is 12.5. The number of carbonyl (C=O) groups excluding carboxylic acids is 3. The molecule has 176 valence electrons. The fourth-order valence-electron chi connectivity index (χ4n) is 3.13. The minimum atomic E-state index is -5.10. The largest absolute Gasteiger partial charge is 0.472 e. The minimum Gasteiger partial charge on any atom is -0.374 e. The number of hydrogen-bond acceptors (Lipinski definition) is 5. The maximum Gasteiger partial charge on any atom is 0.472 e. The number of aromatic nitrogens is 1. The van der Waals surface area contributed by atoms with Crippen LogP contribution in [0, 0.1) is 0 Å². The van der Waals surface area contributed by atoms with Crippen molar-refractivity contribution in [3.8, 4) is 0 Å². The summed E-state index contributed by atoms with van der Waals surface area (Å²) < 4.78 is 42.2. The van der Waals surface area contributed by atoms with Crippen molar-refractivity contribution in [2.45, 2.75) is 25.2 Å². The molecular weight excluding hydrogens is 443 g/mol. The molecule has 1 saturated heterocycles. The van der Waals surface area contributed by atoms with Crippen LogP contribution in [0.25, 0.3) is 0 Å². The molecule has 0 aliphatic carbocycles. The SMILES string of the molecule is O=C(NNC(=O)C(F)(F)F)c1ccc(CNC(=O)N2CCOC(Cc3ccncc3)C2)cc1. The van der Waals surface area contributed by atoms with Crippen LogP contribution in [-0.2, 0) is 22.5 Å². The van der Waals surface area contributed by atoms with Gasteiger partial charge < -0.3 is 15.0 Å². The Morgan fingerprint density at radius 1 is 1.03 bits per heavy atom. The quantitative estimate of drug-likeness (QED) is 0.581. The van der Waals surface area contributed by atoms with Gasteiger partial charge in [0.1, 0.15) is 0 Å². The van der Waals surface area contributed by atoms with Crippen LogP contribution in [0.2, 0.25) is 0 Å². The number of morpholine rings is 1. The number of amides is 4. The zero-order valence-corrected chi connectivity index (χ0v) is 17.4. The summed E-state index contributed by atoms with van der Waals surface area (Å²) in [6.45, 7) is 1.52. The van der Waals surface area contributed by atoms with E-state index in [0.717, 1.165) is 5.56 Å². The van der Waals surface area contributed by atoms with Gasteiger partial charge >= 0.3 is 18.1 Å². The van der Waals surface area contributed by atoms with Crippen molar-refractivity contribution in [2.24, 2.45) is 0 Å². The summed E-state index contributed by atoms with van der Waals surface area (Å²) in [6.07, 6.45) is -1.15. The molecule has 1 atom stereocenters. The summed E-state index contributed by atoms with van der Waals surface area (Å²) in [5, 5.41) is 2.80. The van der Waals surface area contributed by atoms with Crippen molar-refractivity contribution in [1.82, 2.24) is 26.1 Å². The van der Waals surface area contributed by atoms with Crippen molar-refractivity contribution in [3.05, 3.63) is 65.5 Å². The second-order valence-corrected chi connectivity index (χ2v) is 7.26. The Morgan fingerprint density at radius 2 is 1.73 bits per heavy atom. The molecule has 3 N–H and O–H groups in total. The molecule has 1 aliphatic heterocycles. The third kappa shape index (κ3) is 7.17. The Balaban J connectivity index is 1.45. The van der Waals surface area contributed by atoms with Crippen LogP contribution in [0.3, 0.4) is 0 Å². The molecular formula is C21H22F3N5O4. The summed E-state index contributed by atoms with van der Waals surface area (Å²) in [5.41, 5.74) is 4.77. The predicted molar refractivity (Wildman–Crippen MR) is 110 cm³/mol. The molecule has 1 unspecified atom stereocenters. The molecule has 0 radical (unpaired) electrons. The molecule has 2 heterocycles. The van der Waals surface area contributed by atoms with Gasteiger partial charge in [-0.1, -0.05) is 12.1 Å². The zero-order valence-electron chi connectivity index (χ0n) is 17.4. The smallest absolute Gasteiger partial charge is 0.374 e. The second-order valence-electron chi connectivity index (χ2n) is 7.26. The number of rotatable bonds is 5. The molecule has 1 fully saturated rings. The molecule has 1 aliphatic rings. The Morgan fingerprint density at radius 3 is 2.39 bits per heavy atom. The van der Waals surface area contributed by atoms with Gasteiger partial charge in [0, 0.05) is 44.0 Å². The first-order valence-electron chi connectivity index (χ1n) is 10.0. The molecule has 0 bridgehead atoms. The van der Waals surface area contributed by atoms with Gasteiger partial charge in [-0.3, -0.25) is 25.4 Å². The van der Waals surface area contributed by atoms with E-state index in [1.165, 1.54) is 17.6 Å². The molecule has 0 saturated carbocycles. The average Bonchev–Trinajstić information content (AvgIpc) is 2.81. The summed E-state index contributed by atoms with van der Waals surface area (Å²) in [7, 11) is 0. The van der Waals surface area contributed by atoms with Crippen LogP contribution in [-0.4, -0.2) is 59.7 Å². The lowest BCUT2D eigenvalue weighted by Gasteiger charge is -2.33. The fourth-order valence-corrected chi connectivity index (χ4v) is 3.13. The van der Waals surface area contributed by atoms with E-state index >= 15 is 0 Å². The number of carbonyl (C=O) groups is 3. The summed E-state index contributed by atoms with van der Waals surface area (Å²) in [4.78, 5) is 40.8. The summed E-state index contributed by atoms with van der Waals surface area (Å²) >= 11 is 0. The van der Waals surface area contributed by atoms with Gasteiger partial charge in [0.25, 0.3) is 5.91 Å². The standard InChI is InChI=1S/C21H22F3N5O4/c22-21(23,24)19(31)28-27-18(30)16-3-1-15(2-4-16)12-26-20(32)29-9-10-33-17(13-29)11-14-5-7-25-8-6-14/h1-8,17H,9-13H2,(H,26,32)(H,27,30)(H,28,31). The third-order valence-corrected chi connectivity index (χ3v) is 4.85. The van der Waals surface area contributed by atoms with Crippen LogP contribution in [0.4, 0.5) is 18.0 Å². The highest BCUT2D eigenvalue weighted by Crippen LogP contribution is 2.14. The molecule has 33 heavy (non-hydrogen) atoms. The van der Waals surface area contributed by atoms with E-state index in [2.05, 4.69) is 10.3 Å². The van der Waals surface area contributed by atoms with Crippen LogP contribution < -0.4 is 16.2 Å². The van der Waals surface area contributed by atoms with Crippen molar-refractivity contribution >= 4 is 17.8 Å². The Kier molecular flexibility index (Phi) is 7.83. The Bertz CT molecular complexity index is 970. The van der Waals surface area contributed by atoms with E-state index in [0.29, 0.717) is 31.7 Å². The van der Waals surface area contributed by atoms with Crippen LogP contribution in [0.15, 0.2) is 48.8 Å². The Hall–Kier alpha value is -3.67. The first-order valence-corrected chi connectivity index (χ1v) is 10.0. The number of urea groups is 1. The third-order valence-electron chi connectivity index (χ3n) is 4.85. The van der Waals surface area contributed by atoms with Crippen molar-refractivity contribution in [1.29, 1.82) is 0 Å². The van der Waals surface area contributed by atoms with Crippen molar-refractivity contribution < 1.29 is 32.3 Å². The van der Waals surface area contributed by atoms with E-state index in [-0.39, 0.29) is 24.2 Å². The van der Waals surface area contributed by atoms with E-state index in [4.69, 9.17) is 4.74 Å². The zero-order chi connectivity index (χ0) is 23.8. The molecule has 0 spiro atoms.